The van der Waals surface area contributed by atoms with Crippen LogP contribution < -0.4 is 9.64 Å². The van der Waals surface area contributed by atoms with Gasteiger partial charge in [0.05, 0.1) is 5.69 Å². The van der Waals surface area contributed by atoms with Crippen LogP contribution in [0.15, 0.2) is 77.3 Å². The first-order chi connectivity index (χ1) is 14.2. The standard InChI is InChI=1S/C25H22BrNO2/c1-2-15-27-24-6-4-3-5-22(24)23(25(27)28)16-18-9-13-21(14-10-18)29-17-19-7-11-20(26)12-8-19/h3-14,16H,2,15,17H2,1H3/b23-16-. The Bertz CT molecular complexity index is 1040. The molecule has 4 rings (SSSR count). The molecular formula is C25H22BrNO2. The lowest BCUT2D eigenvalue weighted by Gasteiger charge is -2.15. The molecule has 0 saturated heterocycles. The maximum atomic E-state index is 12.9. The minimum absolute atomic E-state index is 0.0728. The van der Waals surface area contributed by atoms with Crippen LogP contribution in [0.5, 0.6) is 5.75 Å². The third kappa shape index (κ3) is 4.28. The normalized spacial score (nSPS) is 14.3. The maximum absolute atomic E-state index is 12.9. The van der Waals surface area contributed by atoms with Crippen LogP contribution in [0.25, 0.3) is 11.6 Å². The molecule has 3 nitrogen and oxygen atoms in total. The molecule has 0 atom stereocenters. The summed E-state index contributed by atoms with van der Waals surface area (Å²) in [6.45, 7) is 3.34. The molecule has 146 valence electrons. The molecule has 0 radical (unpaired) electrons. The molecule has 3 aromatic carbocycles. The van der Waals surface area contributed by atoms with Crippen molar-refractivity contribution in [1.29, 1.82) is 0 Å². The molecule has 1 heterocycles. The van der Waals surface area contributed by atoms with Crippen molar-refractivity contribution in [1.82, 2.24) is 0 Å². The number of carbonyl (C=O) groups excluding carboxylic acids is 1. The van der Waals surface area contributed by atoms with E-state index < -0.39 is 0 Å². The Morgan fingerprint density at radius 3 is 2.41 bits per heavy atom. The molecule has 0 spiro atoms. The first kappa shape index (κ1) is 19.5. The summed E-state index contributed by atoms with van der Waals surface area (Å²) in [5, 5.41) is 0. The molecule has 0 saturated carbocycles. The number of carbonyl (C=O) groups is 1. The Morgan fingerprint density at radius 1 is 0.966 bits per heavy atom. The molecule has 1 aliphatic rings. The Hall–Kier alpha value is -2.85. The van der Waals surface area contributed by atoms with Gasteiger partial charge in [-0.25, -0.2) is 0 Å². The highest BCUT2D eigenvalue weighted by Gasteiger charge is 2.31. The molecule has 1 amide bonds. The second kappa shape index (κ2) is 8.66. The number of fused-ring (bicyclic) bond motifs is 1. The quantitative estimate of drug-likeness (QED) is 0.413. The van der Waals surface area contributed by atoms with E-state index in [1.54, 1.807) is 0 Å². The number of hydrogen-bond donors (Lipinski definition) is 0. The third-order valence-corrected chi connectivity index (χ3v) is 5.45. The van der Waals surface area contributed by atoms with Crippen molar-refractivity contribution in [2.75, 3.05) is 11.4 Å². The van der Waals surface area contributed by atoms with Gasteiger partial charge in [-0.3, -0.25) is 4.79 Å². The van der Waals surface area contributed by atoms with Gasteiger partial charge in [0.1, 0.15) is 12.4 Å². The summed E-state index contributed by atoms with van der Waals surface area (Å²) in [5.74, 6) is 0.879. The number of amides is 1. The van der Waals surface area contributed by atoms with E-state index in [4.69, 9.17) is 4.74 Å². The Labute approximate surface area is 179 Å². The number of halogens is 1. The van der Waals surface area contributed by atoms with Gasteiger partial charge in [-0.1, -0.05) is 65.3 Å². The van der Waals surface area contributed by atoms with Gasteiger partial charge < -0.3 is 9.64 Å². The van der Waals surface area contributed by atoms with Gasteiger partial charge in [-0.15, -0.1) is 0 Å². The molecule has 0 aromatic heterocycles. The van der Waals surface area contributed by atoms with Crippen molar-refractivity contribution in [3.63, 3.8) is 0 Å². The molecular weight excluding hydrogens is 426 g/mol. The van der Waals surface area contributed by atoms with Gasteiger partial charge in [0.15, 0.2) is 0 Å². The lowest BCUT2D eigenvalue weighted by atomic mass is 10.0. The maximum Gasteiger partial charge on any atom is 0.258 e. The Morgan fingerprint density at radius 2 is 1.69 bits per heavy atom. The smallest absolute Gasteiger partial charge is 0.258 e. The van der Waals surface area contributed by atoms with E-state index >= 15 is 0 Å². The van der Waals surface area contributed by atoms with Gasteiger partial charge in [0.2, 0.25) is 0 Å². The molecule has 4 heteroatoms. The zero-order valence-electron chi connectivity index (χ0n) is 16.3. The molecule has 0 unspecified atom stereocenters. The largest absolute Gasteiger partial charge is 0.489 e. The van der Waals surface area contributed by atoms with E-state index in [0.29, 0.717) is 6.61 Å². The molecule has 0 bridgehead atoms. The van der Waals surface area contributed by atoms with Crippen LogP contribution in [0.3, 0.4) is 0 Å². The van der Waals surface area contributed by atoms with Gasteiger partial charge >= 0.3 is 0 Å². The number of ether oxygens (including phenoxy) is 1. The zero-order valence-corrected chi connectivity index (χ0v) is 17.9. The predicted molar refractivity (Wildman–Crippen MR) is 122 cm³/mol. The average molecular weight is 448 g/mol. The summed E-state index contributed by atoms with van der Waals surface area (Å²) in [4.78, 5) is 14.8. The van der Waals surface area contributed by atoms with Crippen molar-refractivity contribution in [2.45, 2.75) is 20.0 Å². The first-order valence-corrected chi connectivity index (χ1v) is 10.6. The van der Waals surface area contributed by atoms with Crippen LogP contribution in [0.4, 0.5) is 5.69 Å². The highest BCUT2D eigenvalue weighted by atomic mass is 79.9. The van der Waals surface area contributed by atoms with Crippen LogP contribution in [-0.4, -0.2) is 12.5 Å². The highest BCUT2D eigenvalue weighted by molar-refractivity contribution is 9.10. The first-order valence-electron chi connectivity index (χ1n) is 9.76. The van der Waals surface area contributed by atoms with Crippen LogP contribution >= 0.6 is 15.9 Å². The van der Waals surface area contributed by atoms with Gasteiger partial charge in [0.25, 0.3) is 5.91 Å². The average Bonchev–Trinajstić information content (AvgIpc) is 3.01. The lowest BCUT2D eigenvalue weighted by molar-refractivity contribution is -0.113. The summed E-state index contributed by atoms with van der Waals surface area (Å²) in [6.07, 6.45) is 2.90. The molecule has 3 aromatic rings. The van der Waals surface area contributed by atoms with Gasteiger partial charge in [-0.2, -0.15) is 0 Å². The minimum Gasteiger partial charge on any atom is -0.489 e. The molecule has 1 aliphatic heterocycles. The van der Waals surface area contributed by atoms with E-state index in [-0.39, 0.29) is 5.91 Å². The second-order valence-electron chi connectivity index (χ2n) is 7.02. The SMILES string of the molecule is CCCN1C(=O)/C(=C\c2ccc(OCc3ccc(Br)cc3)cc2)c2ccccc21. The fourth-order valence-corrected chi connectivity index (χ4v) is 3.73. The van der Waals surface area contributed by atoms with E-state index in [2.05, 4.69) is 22.9 Å². The van der Waals surface area contributed by atoms with Gasteiger partial charge in [-0.05, 0) is 54.0 Å². The van der Waals surface area contributed by atoms with E-state index in [1.807, 2.05) is 83.8 Å². The fraction of sp³-hybridized carbons (Fsp3) is 0.160. The van der Waals surface area contributed by atoms with Crippen LogP contribution in [0, 0.1) is 0 Å². The summed E-state index contributed by atoms with van der Waals surface area (Å²) in [5.41, 5.74) is 4.85. The van der Waals surface area contributed by atoms with Crippen molar-refractivity contribution < 1.29 is 9.53 Å². The summed E-state index contributed by atoms with van der Waals surface area (Å²) < 4.78 is 6.93. The molecule has 0 N–H and O–H groups in total. The number of para-hydroxylation sites is 1. The van der Waals surface area contributed by atoms with Crippen molar-refractivity contribution in [3.05, 3.63) is 94.0 Å². The Kier molecular flexibility index (Phi) is 5.81. The Balaban J connectivity index is 1.51. The van der Waals surface area contributed by atoms with Crippen LogP contribution in [-0.2, 0) is 11.4 Å². The zero-order chi connectivity index (χ0) is 20.2. The van der Waals surface area contributed by atoms with Crippen LogP contribution in [0.1, 0.15) is 30.0 Å². The van der Waals surface area contributed by atoms with E-state index in [9.17, 15) is 4.79 Å². The molecule has 0 fully saturated rings. The van der Waals surface area contributed by atoms with Gasteiger partial charge in [0, 0.05) is 22.2 Å². The fourth-order valence-electron chi connectivity index (χ4n) is 3.47. The molecule has 0 aliphatic carbocycles. The van der Waals surface area contributed by atoms with Crippen LogP contribution in [0.2, 0.25) is 0 Å². The van der Waals surface area contributed by atoms with E-state index in [1.165, 1.54) is 0 Å². The van der Waals surface area contributed by atoms with E-state index in [0.717, 1.165) is 51.1 Å². The predicted octanol–water partition coefficient (Wildman–Crippen LogP) is 6.33. The second-order valence-corrected chi connectivity index (χ2v) is 7.93. The number of anilines is 1. The minimum atomic E-state index is 0.0728. The highest BCUT2D eigenvalue weighted by Crippen LogP contribution is 2.37. The summed E-state index contributed by atoms with van der Waals surface area (Å²) in [7, 11) is 0. The van der Waals surface area contributed by atoms with Crippen molar-refractivity contribution in [2.24, 2.45) is 0 Å². The lowest BCUT2D eigenvalue weighted by Crippen LogP contribution is -2.26. The number of rotatable bonds is 6. The number of hydrogen-bond acceptors (Lipinski definition) is 2. The third-order valence-electron chi connectivity index (χ3n) is 4.92. The topological polar surface area (TPSA) is 29.5 Å². The summed E-state index contributed by atoms with van der Waals surface area (Å²) in [6, 6.07) is 23.9. The van der Waals surface area contributed by atoms with Crippen molar-refractivity contribution in [3.8, 4) is 5.75 Å². The number of benzene rings is 3. The monoisotopic (exact) mass is 447 g/mol. The summed E-state index contributed by atoms with van der Waals surface area (Å²) >= 11 is 3.44. The van der Waals surface area contributed by atoms with Crippen molar-refractivity contribution >= 4 is 39.2 Å². The molecule has 29 heavy (non-hydrogen) atoms. The number of nitrogens with zero attached hydrogens (tertiary/aromatic N) is 1.